The monoisotopic (exact) mass is 318 g/mol. The fraction of sp³-hybridized carbons (Fsp3) is 0.211. The lowest BCUT2D eigenvalue weighted by Crippen LogP contribution is -2.48. The number of carbonyl (C=O) groups is 1. The van der Waals surface area contributed by atoms with E-state index in [4.69, 9.17) is 0 Å². The molecule has 3 heterocycles. The molecular weight excluding hydrogens is 300 g/mol. The van der Waals surface area contributed by atoms with Crippen LogP contribution >= 0.6 is 0 Å². The van der Waals surface area contributed by atoms with Crippen LogP contribution in [0.3, 0.4) is 0 Å². The van der Waals surface area contributed by atoms with Gasteiger partial charge in [0.25, 0.3) is 5.91 Å². The van der Waals surface area contributed by atoms with Gasteiger partial charge in [0.2, 0.25) is 0 Å². The van der Waals surface area contributed by atoms with Crippen LogP contribution in [0.4, 0.5) is 5.69 Å². The second-order valence-corrected chi connectivity index (χ2v) is 5.90. The van der Waals surface area contributed by atoms with Gasteiger partial charge in [-0.25, -0.2) is 0 Å². The van der Waals surface area contributed by atoms with Gasteiger partial charge in [0.05, 0.1) is 17.4 Å². The number of pyridine rings is 2. The maximum absolute atomic E-state index is 12.5. The molecule has 2 aromatic heterocycles. The SMILES string of the molecule is O=C(c1cccnc1)N1CCN(c2cncc3ccccc23)CC1. The first kappa shape index (κ1) is 14.6. The highest BCUT2D eigenvalue weighted by molar-refractivity contribution is 5.95. The minimum Gasteiger partial charge on any atom is -0.366 e. The van der Waals surface area contributed by atoms with Crippen molar-refractivity contribution in [1.29, 1.82) is 0 Å². The first-order chi connectivity index (χ1) is 11.8. The van der Waals surface area contributed by atoms with E-state index in [1.54, 1.807) is 18.5 Å². The van der Waals surface area contributed by atoms with E-state index in [0.717, 1.165) is 24.2 Å². The second-order valence-electron chi connectivity index (χ2n) is 5.90. The van der Waals surface area contributed by atoms with Gasteiger partial charge in [0.15, 0.2) is 0 Å². The van der Waals surface area contributed by atoms with Crippen molar-refractivity contribution in [3.63, 3.8) is 0 Å². The Morgan fingerprint density at radius 2 is 1.71 bits per heavy atom. The third-order valence-corrected chi connectivity index (χ3v) is 4.46. The van der Waals surface area contributed by atoms with Crippen LogP contribution in [-0.4, -0.2) is 47.0 Å². The third kappa shape index (κ3) is 2.69. The van der Waals surface area contributed by atoms with Gasteiger partial charge in [-0.1, -0.05) is 24.3 Å². The molecule has 0 unspecified atom stereocenters. The smallest absolute Gasteiger partial charge is 0.255 e. The highest BCUT2D eigenvalue weighted by Crippen LogP contribution is 2.26. The Hall–Kier alpha value is -2.95. The van der Waals surface area contributed by atoms with Crippen molar-refractivity contribution in [2.45, 2.75) is 0 Å². The number of benzene rings is 1. The molecule has 120 valence electrons. The van der Waals surface area contributed by atoms with E-state index in [2.05, 4.69) is 27.0 Å². The Kier molecular flexibility index (Phi) is 3.83. The summed E-state index contributed by atoms with van der Waals surface area (Å²) in [4.78, 5) is 25.1. The molecule has 24 heavy (non-hydrogen) atoms. The molecule has 1 amide bonds. The zero-order valence-corrected chi connectivity index (χ0v) is 13.3. The lowest BCUT2D eigenvalue weighted by atomic mass is 10.1. The number of hydrogen-bond donors (Lipinski definition) is 0. The zero-order chi connectivity index (χ0) is 16.4. The lowest BCUT2D eigenvalue weighted by Gasteiger charge is -2.36. The topological polar surface area (TPSA) is 49.3 Å². The van der Waals surface area contributed by atoms with E-state index in [9.17, 15) is 4.79 Å². The first-order valence-electron chi connectivity index (χ1n) is 8.10. The van der Waals surface area contributed by atoms with Crippen LogP contribution in [0.15, 0.2) is 61.2 Å². The van der Waals surface area contributed by atoms with E-state index >= 15 is 0 Å². The number of carbonyl (C=O) groups excluding carboxylic acids is 1. The summed E-state index contributed by atoms with van der Waals surface area (Å²) in [6.45, 7) is 3.03. The number of nitrogens with zero attached hydrogens (tertiary/aromatic N) is 4. The third-order valence-electron chi connectivity index (χ3n) is 4.46. The first-order valence-corrected chi connectivity index (χ1v) is 8.10. The molecule has 0 atom stereocenters. The largest absolute Gasteiger partial charge is 0.366 e. The molecule has 1 aromatic carbocycles. The molecule has 3 aromatic rings. The van der Waals surface area contributed by atoms with Gasteiger partial charge in [0.1, 0.15) is 0 Å². The average Bonchev–Trinajstić information content (AvgIpc) is 2.68. The van der Waals surface area contributed by atoms with Gasteiger partial charge in [-0.05, 0) is 12.1 Å². The fourth-order valence-corrected chi connectivity index (χ4v) is 3.17. The number of fused-ring (bicyclic) bond motifs is 1. The summed E-state index contributed by atoms with van der Waals surface area (Å²) in [6, 6.07) is 11.9. The Balaban J connectivity index is 1.51. The van der Waals surface area contributed by atoms with Crippen molar-refractivity contribution in [3.05, 3.63) is 66.7 Å². The molecular formula is C19H18N4O. The summed E-state index contributed by atoms with van der Waals surface area (Å²) in [5.74, 6) is 0.0544. The van der Waals surface area contributed by atoms with Crippen LogP contribution in [0, 0.1) is 0 Å². The van der Waals surface area contributed by atoms with E-state index < -0.39 is 0 Å². The average molecular weight is 318 g/mol. The quantitative estimate of drug-likeness (QED) is 0.729. The zero-order valence-electron chi connectivity index (χ0n) is 13.3. The number of rotatable bonds is 2. The Morgan fingerprint density at radius 3 is 2.50 bits per heavy atom. The minimum absolute atomic E-state index is 0.0544. The highest BCUT2D eigenvalue weighted by atomic mass is 16.2. The molecule has 1 aliphatic rings. The summed E-state index contributed by atoms with van der Waals surface area (Å²) in [6.07, 6.45) is 7.12. The van der Waals surface area contributed by atoms with Crippen LogP contribution < -0.4 is 4.90 Å². The van der Waals surface area contributed by atoms with Gasteiger partial charge >= 0.3 is 0 Å². The molecule has 5 heteroatoms. The van der Waals surface area contributed by atoms with Crippen molar-refractivity contribution >= 4 is 22.4 Å². The Labute approximate surface area is 140 Å². The summed E-state index contributed by atoms with van der Waals surface area (Å²) < 4.78 is 0. The number of piperazine rings is 1. The molecule has 1 saturated heterocycles. The van der Waals surface area contributed by atoms with Crippen molar-refractivity contribution in [1.82, 2.24) is 14.9 Å². The Morgan fingerprint density at radius 1 is 0.875 bits per heavy atom. The normalized spacial score (nSPS) is 14.8. The Bertz CT molecular complexity index is 852. The number of hydrogen-bond acceptors (Lipinski definition) is 4. The fourth-order valence-electron chi connectivity index (χ4n) is 3.17. The van der Waals surface area contributed by atoms with Gasteiger partial charge in [-0.2, -0.15) is 0 Å². The molecule has 1 fully saturated rings. The molecule has 5 nitrogen and oxygen atoms in total. The molecule has 4 rings (SSSR count). The second kappa shape index (κ2) is 6.28. The minimum atomic E-state index is 0.0544. The van der Waals surface area contributed by atoms with E-state index in [-0.39, 0.29) is 5.91 Å². The predicted octanol–water partition coefficient (Wildman–Crippen LogP) is 2.59. The molecule has 0 N–H and O–H groups in total. The molecule has 0 radical (unpaired) electrons. The molecule has 0 saturated carbocycles. The van der Waals surface area contributed by atoms with Crippen LogP contribution in [0.2, 0.25) is 0 Å². The molecule has 0 aliphatic carbocycles. The maximum Gasteiger partial charge on any atom is 0.255 e. The van der Waals surface area contributed by atoms with Crippen molar-refractivity contribution < 1.29 is 4.79 Å². The van der Waals surface area contributed by atoms with Gasteiger partial charge < -0.3 is 9.80 Å². The van der Waals surface area contributed by atoms with Gasteiger partial charge in [-0.15, -0.1) is 0 Å². The maximum atomic E-state index is 12.5. The van der Waals surface area contributed by atoms with Gasteiger partial charge in [0, 0.05) is 55.5 Å². The van der Waals surface area contributed by atoms with Crippen LogP contribution in [-0.2, 0) is 0 Å². The molecule has 0 bridgehead atoms. The van der Waals surface area contributed by atoms with Crippen molar-refractivity contribution in [2.24, 2.45) is 0 Å². The highest BCUT2D eigenvalue weighted by Gasteiger charge is 2.23. The van der Waals surface area contributed by atoms with Gasteiger partial charge in [-0.3, -0.25) is 14.8 Å². The lowest BCUT2D eigenvalue weighted by molar-refractivity contribution is 0.0746. The summed E-state index contributed by atoms with van der Waals surface area (Å²) >= 11 is 0. The number of aromatic nitrogens is 2. The summed E-state index contributed by atoms with van der Waals surface area (Å²) in [7, 11) is 0. The van der Waals surface area contributed by atoms with E-state index in [1.807, 2.05) is 35.5 Å². The summed E-state index contributed by atoms with van der Waals surface area (Å²) in [5, 5.41) is 2.35. The van der Waals surface area contributed by atoms with Crippen molar-refractivity contribution in [2.75, 3.05) is 31.1 Å². The summed E-state index contributed by atoms with van der Waals surface area (Å²) in [5.41, 5.74) is 1.79. The van der Waals surface area contributed by atoms with Crippen LogP contribution in [0.5, 0.6) is 0 Å². The van der Waals surface area contributed by atoms with Crippen molar-refractivity contribution in [3.8, 4) is 0 Å². The molecule has 1 aliphatic heterocycles. The van der Waals surface area contributed by atoms with E-state index in [1.165, 1.54) is 5.39 Å². The number of amides is 1. The van der Waals surface area contributed by atoms with E-state index in [0.29, 0.717) is 18.7 Å². The standard InChI is InChI=1S/C19H18N4O/c24-19(16-5-3-7-20-13-16)23-10-8-22(9-11-23)18-14-21-12-15-4-1-2-6-17(15)18/h1-7,12-14H,8-11H2. The molecule has 0 spiro atoms. The number of anilines is 1. The predicted molar refractivity (Wildman–Crippen MR) is 94.1 cm³/mol. The van der Waals surface area contributed by atoms with Crippen LogP contribution in [0.25, 0.3) is 10.8 Å². The van der Waals surface area contributed by atoms with Crippen LogP contribution in [0.1, 0.15) is 10.4 Å².